The number of benzene rings is 2. The Morgan fingerprint density at radius 2 is 1.50 bits per heavy atom. The number of carbonyl (C=O) groups excluding carboxylic acids is 1. The molecular formula is C33H46N2O7SSi. The van der Waals surface area contributed by atoms with Gasteiger partial charge in [0.15, 0.2) is 10.9 Å². The molecule has 2 aromatic carbocycles. The maximum atomic E-state index is 12.6. The van der Waals surface area contributed by atoms with E-state index in [2.05, 4.69) is 50.0 Å². The molecule has 4 rings (SSSR count). The summed E-state index contributed by atoms with van der Waals surface area (Å²) in [7, 11) is -1.36. The highest BCUT2D eigenvalue weighted by Gasteiger charge is 2.53. The molecule has 1 fully saturated rings. The zero-order valence-corrected chi connectivity index (χ0v) is 28.9. The van der Waals surface area contributed by atoms with Crippen LogP contribution < -0.4 is 15.3 Å². The van der Waals surface area contributed by atoms with Crippen molar-refractivity contribution in [3.8, 4) is 0 Å². The number of aliphatic hydroxyl groups excluding tert-OH is 2. The van der Waals surface area contributed by atoms with E-state index in [9.17, 15) is 15.0 Å². The number of aliphatic hydroxyl groups is 2. The number of nitrogens with zero attached hydrogens (tertiary/aromatic N) is 2. The van der Waals surface area contributed by atoms with Crippen LogP contribution in [0.25, 0.3) is 0 Å². The second kappa shape index (κ2) is 13.0. The van der Waals surface area contributed by atoms with E-state index in [1.54, 1.807) is 41.7 Å². The topological polar surface area (TPSA) is 111 Å². The van der Waals surface area contributed by atoms with Crippen LogP contribution in [0.1, 0.15) is 66.4 Å². The molecule has 0 spiro atoms. The van der Waals surface area contributed by atoms with Crippen LogP contribution in [-0.2, 0) is 18.6 Å². The Morgan fingerprint density at radius 3 is 2.00 bits per heavy atom. The molecule has 1 amide bonds. The zero-order chi connectivity index (χ0) is 32.5. The molecule has 0 aliphatic carbocycles. The molecule has 240 valence electrons. The summed E-state index contributed by atoms with van der Waals surface area (Å²) in [5.74, 6) is -1.06. The van der Waals surface area contributed by atoms with Gasteiger partial charge in [-0.3, -0.25) is 4.90 Å². The maximum absolute atomic E-state index is 12.6. The van der Waals surface area contributed by atoms with E-state index in [1.807, 2.05) is 36.4 Å². The minimum atomic E-state index is -2.93. The number of thiazole rings is 1. The molecule has 0 bridgehead atoms. The van der Waals surface area contributed by atoms with Crippen molar-refractivity contribution in [1.82, 2.24) is 4.98 Å². The highest BCUT2D eigenvalue weighted by molar-refractivity contribution is 7.15. The Kier molecular flexibility index (Phi) is 10.1. The molecule has 1 aliphatic heterocycles. The van der Waals surface area contributed by atoms with Gasteiger partial charge in [-0.25, -0.2) is 9.78 Å². The molecule has 3 aromatic rings. The molecular weight excluding hydrogens is 597 g/mol. The summed E-state index contributed by atoms with van der Waals surface area (Å²) < 4.78 is 24.7. The number of aromatic nitrogens is 1. The SMILES string of the molecule is CN(C(=O)OC(C)(C)C)c1ncc([C@H](O)[C@@H]2OC(C)(C)O[C@@H]2[C@H](O)CO[Si](c2ccccc2)(c2ccccc2)C(C)(C)C)s1. The van der Waals surface area contributed by atoms with Crippen molar-refractivity contribution in [2.45, 2.75) is 96.2 Å². The van der Waals surface area contributed by atoms with Gasteiger partial charge in [0.1, 0.15) is 30.0 Å². The summed E-state index contributed by atoms with van der Waals surface area (Å²) in [6, 6.07) is 20.4. The third kappa shape index (κ3) is 7.42. The molecule has 44 heavy (non-hydrogen) atoms. The van der Waals surface area contributed by atoms with Gasteiger partial charge in [-0.1, -0.05) is 92.8 Å². The van der Waals surface area contributed by atoms with Crippen molar-refractivity contribution < 1.29 is 33.6 Å². The van der Waals surface area contributed by atoms with E-state index in [-0.39, 0.29) is 11.6 Å². The van der Waals surface area contributed by atoms with Crippen molar-refractivity contribution in [2.75, 3.05) is 18.6 Å². The quantitative estimate of drug-likeness (QED) is 0.314. The van der Waals surface area contributed by atoms with Gasteiger partial charge in [-0.2, -0.15) is 0 Å². The van der Waals surface area contributed by atoms with Crippen molar-refractivity contribution in [1.29, 1.82) is 0 Å². The first-order valence-corrected chi connectivity index (χ1v) is 17.6. The molecule has 1 aromatic heterocycles. The van der Waals surface area contributed by atoms with Crippen molar-refractivity contribution in [3.63, 3.8) is 0 Å². The van der Waals surface area contributed by atoms with Crippen molar-refractivity contribution >= 4 is 41.3 Å². The van der Waals surface area contributed by atoms with E-state index in [0.717, 1.165) is 21.7 Å². The van der Waals surface area contributed by atoms with Crippen LogP contribution in [0.15, 0.2) is 66.9 Å². The van der Waals surface area contributed by atoms with E-state index in [1.165, 1.54) is 11.1 Å². The lowest BCUT2D eigenvalue weighted by molar-refractivity contribution is -0.161. The first-order valence-electron chi connectivity index (χ1n) is 14.8. The van der Waals surface area contributed by atoms with Crippen LogP contribution in [0, 0.1) is 0 Å². The van der Waals surface area contributed by atoms with Crippen LogP contribution in [0.5, 0.6) is 0 Å². The second-order valence-electron chi connectivity index (χ2n) is 13.6. The van der Waals surface area contributed by atoms with Gasteiger partial charge in [0, 0.05) is 13.2 Å². The molecule has 0 saturated carbocycles. The van der Waals surface area contributed by atoms with Gasteiger partial charge in [0.2, 0.25) is 0 Å². The molecule has 0 radical (unpaired) electrons. The van der Waals surface area contributed by atoms with Gasteiger partial charge in [0.05, 0.1) is 11.5 Å². The summed E-state index contributed by atoms with van der Waals surface area (Å²) in [5.41, 5.74) is -0.661. The Balaban J connectivity index is 1.59. The molecule has 0 unspecified atom stereocenters. The van der Waals surface area contributed by atoms with Gasteiger partial charge >= 0.3 is 6.09 Å². The lowest BCUT2D eigenvalue weighted by Crippen LogP contribution is -2.67. The summed E-state index contributed by atoms with van der Waals surface area (Å²) in [5, 5.41) is 25.4. The number of anilines is 1. The standard InChI is InChI=1S/C33H46N2O7SSi/c1-31(2,3)42-30(38)35(9)29-34-20-25(43-29)26(37)28-27(40-33(7,8)41-28)24(36)21-39-44(32(4,5)6,22-16-12-10-13-17-22)23-18-14-11-15-19-23/h10-20,24,26-28,36-37H,21H2,1-9H3/t24-,26+,27-,28+/m1/s1. The first kappa shape index (κ1) is 34.2. The smallest absolute Gasteiger partial charge is 0.416 e. The van der Waals surface area contributed by atoms with E-state index >= 15 is 0 Å². The molecule has 4 atom stereocenters. The molecule has 2 heterocycles. The Morgan fingerprint density at radius 1 is 0.977 bits per heavy atom. The molecule has 1 aliphatic rings. The summed E-state index contributed by atoms with van der Waals surface area (Å²) in [4.78, 5) is 18.7. The monoisotopic (exact) mass is 642 g/mol. The van der Waals surface area contributed by atoms with Crippen LogP contribution >= 0.6 is 11.3 Å². The maximum Gasteiger partial charge on any atom is 0.416 e. The summed E-state index contributed by atoms with van der Waals surface area (Å²) in [6.07, 6.45) is -3.15. The number of hydrogen-bond acceptors (Lipinski definition) is 9. The van der Waals surface area contributed by atoms with Gasteiger partial charge < -0.3 is 28.8 Å². The van der Waals surface area contributed by atoms with Gasteiger partial charge in [-0.15, -0.1) is 0 Å². The zero-order valence-electron chi connectivity index (χ0n) is 27.1. The fourth-order valence-corrected chi connectivity index (χ4v) is 11.0. The average Bonchev–Trinajstić information content (AvgIpc) is 3.56. The third-order valence-electron chi connectivity index (χ3n) is 7.50. The minimum Gasteiger partial charge on any atom is -0.443 e. The number of carbonyl (C=O) groups is 1. The molecule has 9 nitrogen and oxygen atoms in total. The number of rotatable bonds is 9. The highest BCUT2D eigenvalue weighted by Crippen LogP contribution is 2.41. The van der Waals surface area contributed by atoms with Crippen LogP contribution in [-0.4, -0.2) is 73.0 Å². The van der Waals surface area contributed by atoms with Crippen molar-refractivity contribution in [2.24, 2.45) is 0 Å². The largest absolute Gasteiger partial charge is 0.443 e. The first-order chi connectivity index (χ1) is 20.4. The normalized spacial score (nSPS) is 20.2. The molecule has 11 heteroatoms. The third-order valence-corrected chi connectivity index (χ3v) is 13.6. The van der Waals surface area contributed by atoms with Crippen LogP contribution in [0.4, 0.5) is 9.93 Å². The summed E-state index contributed by atoms with van der Waals surface area (Å²) in [6.45, 7) is 15.3. The Bertz CT molecular complexity index is 1350. The molecule has 2 N–H and O–H groups in total. The predicted octanol–water partition coefficient (Wildman–Crippen LogP) is 5.01. The lowest BCUT2D eigenvalue weighted by atomic mass is 10.0. The predicted molar refractivity (Wildman–Crippen MR) is 175 cm³/mol. The second-order valence-corrected chi connectivity index (χ2v) is 19.0. The van der Waals surface area contributed by atoms with E-state index in [4.69, 9.17) is 18.6 Å². The van der Waals surface area contributed by atoms with Gasteiger partial charge in [0.25, 0.3) is 8.32 Å². The number of hydrogen-bond donors (Lipinski definition) is 2. The fourth-order valence-electron chi connectivity index (χ4n) is 5.56. The van der Waals surface area contributed by atoms with E-state index in [0.29, 0.717) is 10.0 Å². The highest BCUT2D eigenvalue weighted by atomic mass is 32.1. The number of amides is 1. The summed E-state index contributed by atoms with van der Waals surface area (Å²) >= 11 is 1.14. The van der Waals surface area contributed by atoms with Crippen molar-refractivity contribution in [3.05, 3.63) is 71.7 Å². The Hall–Kier alpha value is -2.64. The van der Waals surface area contributed by atoms with E-state index < -0.39 is 50.2 Å². The average molecular weight is 643 g/mol. The molecule has 1 saturated heterocycles. The lowest BCUT2D eigenvalue weighted by Gasteiger charge is -2.43. The Labute approximate surface area is 265 Å². The minimum absolute atomic E-state index is 0.0318. The van der Waals surface area contributed by atoms with Crippen LogP contribution in [0.2, 0.25) is 5.04 Å². The fraction of sp³-hybridized carbons (Fsp3) is 0.515. The van der Waals surface area contributed by atoms with Gasteiger partial charge in [-0.05, 0) is 50.0 Å². The van der Waals surface area contributed by atoms with Crippen LogP contribution in [0.3, 0.4) is 0 Å². The number of ether oxygens (including phenoxy) is 3.